The molecular weight excluding hydrogens is 174 g/mol. The van der Waals surface area contributed by atoms with Crippen LogP contribution < -0.4 is 5.73 Å². The Morgan fingerprint density at radius 3 is 2.33 bits per heavy atom. The van der Waals surface area contributed by atoms with E-state index in [2.05, 4.69) is 0 Å². The summed E-state index contributed by atoms with van der Waals surface area (Å²) >= 11 is 5.55. The number of nitrogens with two attached hydrogens (primary N) is 1. The minimum atomic E-state index is -0.396. The molecule has 0 aliphatic heterocycles. The van der Waals surface area contributed by atoms with Crippen LogP contribution in [0.4, 0.5) is 0 Å². The van der Waals surface area contributed by atoms with Crippen molar-refractivity contribution in [1.82, 2.24) is 0 Å². The summed E-state index contributed by atoms with van der Waals surface area (Å²) in [6.07, 6.45) is 0.820. The normalized spacial score (nSPS) is 9.75. The average molecular weight is 184 g/mol. The minimum Gasteiger partial charge on any atom is -0.366 e. The van der Waals surface area contributed by atoms with Crippen LogP contribution in [0.5, 0.6) is 0 Å². The number of benzene rings is 1. The van der Waals surface area contributed by atoms with E-state index in [1.54, 1.807) is 12.1 Å². The van der Waals surface area contributed by atoms with Crippen LogP contribution in [0.3, 0.4) is 0 Å². The predicted octanol–water partition coefficient (Wildman–Crippen LogP) is 1.57. The Morgan fingerprint density at radius 2 is 1.92 bits per heavy atom. The Bertz CT molecular complexity index is 268. The van der Waals surface area contributed by atoms with Gasteiger partial charge in [-0.1, -0.05) is 12.1 Å². The molecule has 0 aliphatic rings. The second kappa shape index (κ2) is 4.12. The van der Waals surface area contributed by atoms with Crippen LogP contribution in [0.15, 0.2) is 24.3 Å². The summed E-state index contributed by atoms with van der Waals surface area (Å²) in [5.74, 6) is 0.197. The lowest BCUT2D eigenvalue weighted by Crippen LogP contribution is -2.10. The number of rotatable bonds is 3. The number of primary amides is 1. The zero-order valence-corrected chi connectivity index (χ0v) is 7.34. The van der Waals surface area contributed by atoms with E-state index in [0.717, 1.165) is 12.0 Å². The van der Waals surface area contributed by atoms with Gasteiger partial charge in [0.1, 0.15) is 0 Å². The van der Waals surface area contributed by atoms with Crippen LogP contribution in [-0.2, 0) is 6.42 Å². The zero-order valence-electron chi connectivity index (χ0n) is 6.59. The summed E-state index contributed by atoms with van der Waals surface area (Å²) in [5, 5.41) is 0. The lowest BCUT2D eigenvalue weighted by molar-refractivity contribution is 0.100. The molecule has 64 valence electrons. The largest absolute Gasteiger partial charge is 0.366 e. The van der Waals surface area contributed by atoms with Crippen molar-refractivity contribution in [3.63, 3.8) is 0 Å². The van der Waals surface area contributed by atoms with Gasteiger partial charge >= 0.3 is 0 Å². The molecular formula is C9H10ClNO. The lowest BCUT2D eigenvalue weighted by Gasteiger charge is -1.98. The van der Waals surface area contributed by atoms with E-state index < -0.39 is 5.91 Å². The number of carbonyl (C=O) groups is 1. The molecule has 0 aromatic heterocycles. The van der Waals surface area contributed by atoms with Gasteiger partial charge in [-0.3, -0.25) is 4.79 Å². The maximum absolute atomic E-state index is 10.7. The summed E-state index contributed by atoms with van der Waals surface area (Å²) in [5.41, 5.74) is 6.73. The highest BCUT2D eigenvalue weighted by Crippen LogP contribution is 2.04. The Morgan fingerprint density at radius 1 is 1.33 bits per heavy atom. The van der Waals surface area contributed by atoms with Gasteiger partial charge in [-0.25, -0.2) is 0 Å². The van der Waals surface area contributed by atoms with Crippen LogP contribution in [-0.4, -0.2) is 11.8 Å². The number of amides is 1. The molecule has 0 saturated heterocycles. The van der Waals surface area contributed by atoms with Crippen molar-refractivity contribution >= 4 is 17.5 Å². The van der Waals surface area contributed by atoms with Gasteiger partial charge in [0.15, 0.2) is 0 Å². The molecule has 0 saturated carbocycles. The van der Waals surface area contributed by atoms with Gasteiger partial charge in [0.05, 0.1) is 0 Å². The number of aryl methyl sites for hydroxylation is 1. The fraction of sp³-hybridized carbons (Fsp3) is 0.222. The van der Waals surface area contributed by atoms with Crippen molar-refractivity contribution in [3.05, 3.63) is 35.4 Å². The van der Waals surface area contributed by atoms with Gasteiger partial charge in [-0.2, -0.15) is 0 Å². The monoisotopic (exact) mass is 183 g/mol. The van der Waals surface area contributed by atoms with Crippen molar-refractivity contribution in [2.75, 3.05) is 5.88 Å². The first-order valence-electron chi connectivity index (χ1n) is 3.68. The minimum absolute atomic E-state index is 0.396. The van der Waals surface area contributed by atoms with Crippen LogP contribution in [0.2, 0.25) is 0 Å². The van der Waals surface area contributed by atoms with Gasteiger partial charge in [-0.05, 0) is 24.1 Å². The molecule has 0 unspecified atom stereocenters. The molecule has 12 heavy (non-hydrogen) atoms. The molecule has 0 fully saturated rings. The number of hydrogen-bond acceptors (Lipinski definition) is 1. The standard InChI is InChI=1S/C9H10ClNO/c10-6-5-7-1-3-8(4-2-7)9(11)12/h1-4H,5-6H2,(H2,11,12). The Kier molecular flexibility index (Phi) is 3.11. The molecule has 0 heterocycles. The average Bonchev–Trinajstić information content (AvgIpc) is 2.06. The number of alkyl halides is 1. The maximum Gasteiger partial charge on any atom is 0.248 e. The smallest absolute Gasteiger partial charge is 0.248 e. The molecule has 0 atom stereocenters. The first-order chi connectivity index (χ1) is 5.74. The Balaban J connectivity index is 2.78. The summed E-state index contributed by atoms with van der Waals surface area (Å²) in [7, 11) is 0. The van der Waals surface area contributed by atoms with Crippen LogP contribution in [0.1, 0.15) is 15.9 Å². The van der Waals surface area contributed by atoms with E-state index in [4.69, 9.17) is 17.3 Å². The van der Waals surface area contributed by atoms with Crippen molar-refractivity contribution in [1.29, 1.82) is 0 Å². The summed E-state index contributed by atoms with van der Waals surface area (Å²) < 4.78 is 0. The third kappa shape index (κ3) is 2.24. The molecule has 0 radical (unpaired) electrons. The molecule has 0 bridgehead atoms. The highest BCUT2D eigenvalue weighted by atomic mass is 35.5. The van der Waals surface area contributed by atoms with Crippen LogP contribution in [0.25, 0.3) is 0 Å². The van der Waals surface area contributed by atoms with Gasteiger partial charge in [-0.15, -0.1) is 11.6 Å². The van der Waals surface area contributed by atoms with Crippen molar-refractivity contribution in [2.45, 2.75) is 6.42 Å². The quantitative estimate of drug-likeness (QED) is 0.711. The van der Waals surface area contributed by atoms with Crippen molar-refractivity contribution < 1.29 is 4.79 Å². The van der Waals surface area contributed by atoms with Crippen molar-refractivity contribution in [3.8, 4) is 0 Å². The highest BCUT2D eigenvalue weighted by Gasteiger charge is 1.98. The van der Waals surface area contributed by atoms with E-state index in [-0.39, 0.29) is 0 Å². The third-order valence-electron chi connectivity index (χ3n) is 1.62. The first-order valence-corrected chi connectivity index (χ1v) is 4.22. The number of halogens is 1. The van der Waals surface area contributed by atoms with Crippen molar-refractivity contribution in [2.24, 2.45) is 5.73 Å². The van der Waals surface area contributed by atoms with Gasteiger partial charge < -0.3 is 5.73 Å². The van der Waals surface area contributed by atoms with Crippen LogP contribution in [0, 0.1) is 0 Å². The van der Waals surface area contributed by atoms with E-state index in [9.17, 15) is 4.79 Å². The Labute approximate surface area is 76.3 Å². The molecule has 2 nitrogen and oxygen atoms in total. The fourth-order valence-corrected chi connectivity index (χ4v) is 1.16. The molecule has 1 aromatic rings. The molecule has 0 spiro atoms. The van der Waals surface area contributed by atoms with E-state index in [1.165, 1.54) is 0 Å². The van der Waals surface area contributed by atoms with Gasteiger partial charge in [0.25, 0.3) is 0 Å². The van der Waals surface area contributed by atoms with E-state index in [1.807, 2.05) is 12.1 Å². The molecule has 1 amide bonds. The first kappa shape index (κ1) is 9.07. The predicted molar refractivity (Wildman–Crippen MR) is 49.4 cm³/mol. The number of carbonyl (C=O) groups excluding carboxylic acids is 1. The van der Waals surface area contributed by atoms with Gasteiger partial charge in [0, 0.05) is 11.4 Å². The zero-order chi connectivity index (χ0) is 8.97. The van der Waals surface area contributed by atoms with Gasteiger partial charge in [0.2, 0.25) is 5.91 Å². The SMILES string of the molecule is NC(=O)c1ccc(CCCl)cc1. The summed E-state index contributed by atoms with van der Waals surface area (Å²) in [6, 6.07) is 7.15. The lowest BCUT2D eigenvalue weighted by atomic mass is 10.1. The fourth-order valence-electron chi connectivity index (χ4n) is 0.945. The molecule has 3 heteroatoms. The van der Waals surface area contributed by atoms with E-state index >= 15 is 0 Å². The molecule has 2 N–H and O–H groups in total. The second-order valence-corrected chi connectivity index (χ2v) is 2.88. The Hall–Kier alpha value is -1.02. The van der Waals surface area contributed by atoms with Crippen LogP contribution >= 0.6 is 11.6 Å². The maximum atomic E-state index is 10.7. The molecule has 0 aliphatic carbocycles. The highest BCUT2D eigenvalue weighted by molar-refractivity contribution is 6.17. The second-order valence-electron chi connectivity index (χ2n) is 2.50. The van der Waals surface area contributed by atoms with E-state index in [0.29, 0.717) is 11.4 Å². The summed E-state index contributed by atoms with van der Waals surface area (Å²) in [6.45, 7) is 0. The molecule has 1 aromatic carbocycles. The third-order valence-corrected chi connectivity index (χ3v) is 1.81. The number of hydrogen-bond donors (Lipinski definition) is 1. The summed E-state index contributed by atoms with van der Waals surface area (Å²) in [4.78, 5) is 10.7. The molecule has 1 rings (SSSR count). The topological polar surface area (TPSA) is 43.1 Å².